The Labute approximate surface area is 80.1 Å². The Bertz CT molecular complexity index is 139. The van der Waals surface area contributed by atoms with Crippen molar-refractivity contribution in [2.75, 3.05) is 19.6 Å². The Kier molecular flexibility index (Phi) is 4.30. The Morgan fingerprint density at radius 2 is 1.62 bits per heavy atom. The Hall–Kier alpha value is -0.180. The average Bonchev–Trinajstić information content (AvgIpc) is 2.25. The topological polar surface area (TPSA) is 3.24 Å². The van der Waals surface area contributed by atoms with E-state index in [1.165, 1.54) is 0 Å². The van der Waals surface area contributed by atoms with E-state index >= 15 is 0 Å². The first-order chi connectivity index (χ1) is 5.89. The molecule has 13 heavy (non-hydrogen) atoms. The third-order valence-electron chi connectivity index (χ3n) is 2.48. The molecule has 0 aromatic heterocycles. The molecule has 3 heteroatoms. The lowest BCUT2D eigenvalue weighted by molar-refractivity contribution is -0.0667. The lowest BCUT2D eigenvalue weighted by atomic mass is 9.89. The molecule has 1 heterocycles. The first-order valence-corrected chi connectivity index (χ1v) is 4.99. The van der Waals surface area contributed by atoms with E-state index in [1.807, 2.05) is 20.8 Å². The number of halogens is 2. The van der Waals surface area contributed by atoms with Crippen LogP contribution in [0.25, 0.3) is 0 Å². The summed E-state index contributed by atoms with van der Waals surface area (Å²) in [6, 6.07) is 0. The van der Waals surface area contributed by atoms with Crippen LogP contribution in [0.1, 0.15) is 34.6 Å². The summed E-state index contributed by atoms with van der Waals surface area (Å²) in [5, 5.41) is 0. The Morgan fingerprint density at radius 3 is 1.77 bits per heavy atom. The average molecular weight is 193 g/mol. The first kappa shape index (κ1) is 12.8. The fourth-order valence-electron chi connectivity index (χ4n) is 1.45. The quantitative estimate of drug-likeness (QED) is 0.618. The van der Waals surface area contributed by atoms with Crippen molar-refractivity contribution in [3.8, 4) is 0 Å². The normalized spacial score (nSPS) is 25.2. The molecule has 1 aliphatic rings. The molecule has 0 aliphatic carbocycles. The Morgan fingerprint density at radius 1 is 1.15 bits per heavy atom. The molecule has 0 saturated carbocycles. The highest BCUT2D eigenvalue weighted by Gasteiger charge is 2.53. The molecular formula is C10H21F2N. The standard InChI is InChI=1S/C8H15F2N.C2H6/c1-4-11-5-7(2,3)8(9,10)6-11;1-2/h4-6H2,1-3H3;1-2H3. The van der Waals surface area contributed by atoms with Crippen LogP contribution in [0, 0.1) is 5.41 Å². The molecule has 1 rings (SSSR count). The maximum Gasteiger partial charge on any atom is 0.266 e. The summed E-state index contributed by atoms with van der Waals surface area (Å²) >= 11 is 0. The highest BCUT2D eigenvalue weighted by molar-refractivity contribution is 4.96. The van der Waals surface area contributed by atoms with Crippen LogP contribution < -0.4 is 0 Å². The molecule has 0 aromatic rings. The fraction of sp³-hybridized carbons (Fsp3) is 1.00. The SMILES string of the molecule is CC.CCN1CC(C)(C)C(F)(F)C1. The zero-order valence-electron chi connectivity index (χ0n) is 9.32. The maximum absolute atomic E-state index is 13.1. The van der Waals surface area contributed by atoms with Crippen LogP contribution in [-0.4, -0.2) is 30.5 Å². The van der Waals surface area contributed by atoms with Crippen molar-refractivity contribution in [1.29, 1.82) is 0 Å². The van der Waals surface area contributed by atoms with E-state index in [1.54, 1.807) is 18.7 Å². The van der Waals surface area contributed by atoms with Crippen LogP contribution in [-0.2, 0) is 0 Å². The molecule has 1 aliphatic heterocycles. The second kappa shape index (κ2) is 4.36. The third-order valence-corrected chi connectivity index (χ3v) is 2.48. The summed E-state index contributed by atoms with van der Waals surface area (Å²) in [7, 11) is 0. The largest absolute Gasteiger partial charge is 0.297 e. The number of rotatable bonds is 1. The number of likely N-dealkylation sites (tertiary alicyclic amines) is 1. The zero-order valence-corrected chi connectivity index (χ0v) is 9.32. The van der Waals surface area contributed by atoms with E-state index < -0.39 is 11.3 Å². The van der Waals surface area contributed by atoms with Gasteiger partial charge in [0.05, 0.1) is 6.54 Å². The summed E-state index contributed by atoms with van der Waals surface area (Å²) in [4.78, 5) is 1.79. The summed E-state index contributed by atoms with van der Waals surface area (Å²) in [5.74, 6) is -2.51. The van der Waals surface area contributed by atoms with Gasteiger partial charge in [0.15, 0.2) is 0 Å². The highest BCUT2D eigenvalue weighted by atomic mass is 19.3. The number of hydrogen-bond acceptors (Lipinski definition) is 1. The zero-order chi connectivity index (χ0) is 10.7. The molecule has 1 saturated heterocycles. The van der Waals surface area contributed by atoms with Crippen LogP contribution in [0.2, 0.25) is 0 Å². The molecule has 0 bridgehead atoms. The second-order valence-electron chi connectivity index (χ2n) is 3.89. The minimum Gasteiger partial charge on any atom is -0.297 e. The third kappa shape index (κ3) is 2.63. The molecular weight excluding hydrogens is 172 g/mol. The molecule has 0 atom stereocenters. The van der Waals surface area contributed by atoms with Gasteiger partial charge in [-0.15, -0.1) is 0 Å². The predicted molar refractivity (Wildman–Crippen MR) is 52.2 cm³/mol. The van der Waals surface area contributed by atoms with E-state index in [2.05, 4.69) is 0 Å². The molecule has 0 spiro atoms. The van der Waals surface area contributed by atoms with E-state index in [0.717, 1.165) is 6.54 Å². The Balaban J connectivity index is 0.000000671. The smallest absolute Gasteiger partial charge is 0.266 e. The molecule has 1 fully saturated rings. The molecule has 0 radical (unpaired) electrons. The molecule has 0 N–H and O–H groups in total. The van der Waals surface area contributed by atoms with Crippen LogP contribution in [0.15, 0.2) is 0 Å². The van der Waals surface area contributed by atoms with Gasteiger partial charge in [-0.1, -0.05) is 34.6 Å². The van der Waals surface area contributed by atoms with Crippen molar-refractivity contribution in [2.45, 2.75) is 40.5 Å². The van der Waals surface area contributed by atoms with Gasteiger partial charge in [-0.05, 0) is 6.54 Å². The minimum atomic E-state index is -2.51. The summed E-state index contributed by atoms with van der Waals surface area (Å²) in [6.45, 7) is 10.3. The van der Waals surface area contributed by atoms with Crippen LogP contribution >= 0.6 is 0 Å². The molecule has 1 nitrogen and oxygen atoms in total. The van der Waals surface area contributed by atoms with E-state index in [0.29, 0.717) is 6.54 Å². The summed E-state index contributed by atoms with van der Waals surface area (Å²) in [6.07, 6.45) is 0. The van der Waals surface area contributed by atoms with E-state index in [-0.39, 0.29) is 6.54 Å². The highest BCUT2D eigenvalue weighted by Crippen LogP contribution is 2.42. The van der Waals surface area contributed by atoms with Crippen molar-refractivity contribution >= 4 is 0 Å². The van der Waals surface area contributed by atoms with Gasteiger partial charge in [0.1, 0.15) is 0 Å². The second-order valence-corrected chi connectivity index (χ2v) is 3.89. The molecule has 0 amide bonds. The van der Waals surface area contributed by atoms with Gasteiger partial charge >= 0.3 is 0 Å². The number of hydrogen-bond donors (Lipinski definition) is 0. The number of nitrogens with zero attached hydrogens (tertiary/aromatic N) is 1. The first-order valence-electron chi connectivity index (χ1n) is 4.99. The summed E-state index contributed by atoms with van der Waals surface area (Å²) in [5.41, 5.74) is -0.844. The van der Waals surface area contributed by atoms with Crippen molar-refractivity contribution in [1.82, 2.24) is 4.90 Å². The minimum absolute atomic E-state index is 0.0729. The van der Waals surface area contributed by atoms with E-state index in [4.69, 9.17) is 0 Å². The maximum atomic E-state index is 13.1. The van der Waals surface area contributed by atoms with Gasteiger partial charge in [-0.25, -0.2) is 8.78 Å². The summed E-state index contributed by atoms with van der Waals surface area (Å²) < 4.78 is 26.2. The predicted octanol–water partition coefficient (Wildman–Crippen LogP) is 3.01. The van der Waals surface area contributed by atoms with Crippen LogP contribution in [0.4, 0.5) is 8.78 Å². The van der Waals surface area contributed by atoms with Gasteiger partial charge in [0, 0.05) is 12.0 Å². The molecule has 0 aromatic carbocycles. The lowest BCUT2D eigenvalue weighted by Crippen LogP contribution is -2.34. The van der Waals surface area contributed by atoms with Gasteiger partial charge in [0.25, 0.3) is 5.92 Å². The number of alkyl halides is 2. The molecule has 0 unspecified atom stereocenters. The molecule has 80 valence electrons. The van der Waals surface area contributed by atoms with Gasteiger partial charge in [-0.3, -0.25) is 4.90 Å². The van der Waals surface area contributed by atoms with Crippen molar-refractivity contribution in [2.24, 2.45) is 5.41 Å². The van der Waals surface area contributed by atoms with Crippen molar-refractivity contribution < 1.29 is 8.78 Å². The van der Waals surface area contributed by atoms with Crippen LogP contribution in [0.5, 0.6) is 0 Å². The van der Waals surface area contributed by atoms with Crippen LogP contribution in [0.3, 0.4) is 0 Å². The van der Waals surface area contributed by atoms with Crippen molar-refractivity contribution in [3.05, 3.63) is 0 Å². The lowest BCUT2D eigenvalue weighted by Gasteiger charge is -2.24. The van der Waals surface area contributed by atoms with E-state index in [9.17, 15) is 8.78 Å². The van der Waals surface area contributed by atoms with Gasteiger partial charge in [-0.2, -0.15) is 0 Å². The van der Waals surface area contributed by atoms with Gasteiger partial charge in [0.2, 0.25) is 0 Å². The fourth-order valence-corrected chi connectivity index (χ4v) is 1.45. The van der Waals surface area contributed by atoms with Crippen molar-refractivity contribution in [3.63, 3.8) is 0 Å². The monoisotopic (exact) mass is 193 g/mol. The van der Waals surface area contributed by atoms with Gasteiger partial charge < -0.3 is 0 Å².